The number of benzene rings is 1. The maximum absolute atomic E-state index is 12.3. The molecule has 2 aromatic heterocycles. The minimum Gasteiger partial charge on any atom is -0.369 e. The van der Waals surface area contributed by atoms with Gasteiger partial charge < -0.3 is 10.6 Å². The number of hydrogen-bond acceptors (Lipinski definition) is 4. The Morgan fingerprint density at radius 2 is 2.03 bits per heavy atom. The van der Waals surface area contributed by atoms with Crippen LogP contribution < -0.4 is 10.6 Å². The van der Waals surface area contributed by atoms with E-state index in [1.165, 1.54) is 30.5 Å². The highest BCUT2D eigenvalue weighted by Gasteiger charge is 2.27. The molecule has 2 aliphatic rings. The molecule has 0 unspecified atom stereocenters. The molecular formula is C25H26N4O. The number of primary amides is 1. The first kappa shape index (κ1) is 18.8. The summed E-state index contributed by atoms with van der Waals surface area (Å²) in [5.74, 6) is -0.410. The number of nitrogens with two attached hydrogens (primary N) is 1. The maximum atomic E-state index is 12.3. The molecule has 1 aliphatic heterocycles. The molecule has 30 heavy (non-hydrogen) atoms. The Kier molecular flexibility index (Phi) is 4.54. The molecule has 2 N–H and O–H groups in total. The van der Waals surface area contributed by atoms with Crippen molar-refractivity contribution >= 4 is 11.6 Å². The third-order valence-corrected chi connectivity index (χ3v) is 6.44. The Bertz CT molecular complexity index is 1140. The number of nitrogens with zero attached hydrogens (tertiary/aromatic N) is 3. The molecule has 0 bridgehead atoms. The largest absolute Gasteiger partial charge is 0.369 e. The number of pyridine rings is 2. The van der Waals surface area contributed by atoms with E-state index >= 15 is 0 Å². The molecule has 5 heteroatoms. The monoisotopic (exact) mass is 398 g/mol. The van der Waals surface area contributed by atoms with Crippen molar-refractivity contribution in [3.63, 3.8) is 0 Å². The van der Waals surface area contributed by atoms with Crippen molar-refractivity contribution in [1.29, 1.82) is 0 Å². The summed E-state index contributed by atoms with van der Waals surface area (Å²) in [7, 11) is 0. The molecule has 3 heterocycles. The second kappa shape index (κ2) is 7.24. The predicted octanol–water partition coefficient (Wildman–Crippen LogP) is 4.50. The number of carbonyl (C=O) groups is 1. The molecule has 1 atom stereocenters. The number of carbonyl (C=O) groups excluding carboxylic acids is 1. The highest BCUT2D eigenvalue weighted by atomic mass is 16.1. The van der Waals surface area contributed by atoms with Crippen molar-refractivity contribution < 1.29 is 4.79 Å². The highest BCUT2D eigenvalue weighted by molar-refractivity contribution is 5.98. The lowest BCUT2D eigenvalue weighted by molar-refractivity contribution is 0.0999. The van der Waals surface area contributed by atoms with Gasteiger partial charge in [0.15, 0.2) is 0 Å². The Morgan fingerprint density at radius 3 is 2.77 bits per heavy atom. The molecule has 152 valence electrons. The van der Waals surface area contributed by atoms with Crippen LogP contribution in [0.25, 0.3) is 22.5 Å². The van der Waals surface area contributed by atoms with Gasteiger partial charge in [0.1, 0.15) is 0 Å². The second-order valence-corrected chi connectivity index (χ2v) is 8.49. The summed E-state index contributed by atoms with van der Waals surface area (Å²) in [4.78, 5) is 24.1. The molecule has 0 saturated carbocycles. The fourth-order valence-corrected chi connectivity index (χ4v) is 4.77. The normalized spacial score (nSPS) is 17.5. The predicted molar refractivity (Wildman–Crippen MR) is 120 cm³/mol. The second-order valence-electron chi connectivity index (χ2n) is 8.49. The maximum Gasteiger partial charge on any atom is 0.249 e. The van der Waals surface area contributed by atoms with E-state index in [0.29, 0.717) is 18.0 Å². The number of amides is 1. The lowest BCUT2D eigenvalue weighted by Crippen LogP contribution is -2.37. The Morgan fingerprint density at radius 1 is 1.17 bits per heavy atom. The number of anilines is 1. The topological polar surface area (TPSA) is 72.1 Å². The zero-order valence-corrected chi connectivity index (χ0v) is 17.5. The van der Waals surface area contributed by atoms with Crippen molar-refractivity contribution in [3.05, 3.63) is 65.0 Å². The minimum absolute atomic E-state index is 0.410. The molecule has 3 aromatic rings. The molecule has 1 amide bonds. The standard InChI is InChI=1S/C25H26N4O/c1-15-6-7-17(14-27-15)23-13-22(25(26)30)21-12-18-11-19(8-9-20(18)24(21)28-23)29-10-4-3-5-16(29)2/h6-9,11,13-14,16H,3-5,10,12H2,1-2H3,(H2,26,30)/t16-/m1/s1. The van der Waals surface area contributed by atoms with E-state index in [9.17, 15) is 4.79 Å². The molecule has 5 rings (SSSR count). The van der Waals surface area contributed by atoms with E-state index in [4.69, 9.17) is 10.7 Å². The van der Waals surface area contributed by atoms with Gasteiger partial charge in [-0.15, -0.1) is 0 Å². The van der Waals surface area contributed by atoms with Gasteiger partial charge >= 0.3 is 0 Å². The van der Waals surface area contributed by atoms with Gasteiger partial charge in [-0.2, -0.15) is 0 Å². The lowest BCUT2D eigenvalue weighted by atomic mass is 10.0. The summed E-state index contributed by atoms with van der Waals surface area (Å²) in [6, 6.07) is 12.9. The van der Waals surface area contributed by atoms with Crippen LogP contribution in [0.5, 0.6) is 0 Å². The molecular weight excluding hydrogens is 372 g/mol. The molecule has 1 fully saturated rings. The van der Waals surface area contributed by atoms with Gasteiger partial charge in [0.25, 0.3) is 0 Å². The van der Waals surface area contributed by atoms with Gasteiger partial charge in [0, 0.05) is 53.3 Å². The smallest absolute Gasteiger partial charge is 0.249 e. The van der Waals surface area contributed by atoms with Crippen LogP contribution in [0.2, 0.25) is 0 Å². The SMILES string of the molecule is Cc1ccc(-c2cc(C(N)=O)c3c(n2)-c2ccc(N4CCCC[C@H]4C)cc2C3)cn1. The molecule has 1 saturated heterocycles. The average molecular weight is 399 g/mol. The van der Waals surface area contributed by atoms with Gasteiger partial charge in [-0.05, 0) is 74.6 Å². The number of piperidine rings is 1. The zero-order chi connectivity index (χ0) is 20.8. The first-order valence-corrected chi connectivity index (χ1v) is 10.7. The molecule has 0 spiro atoms. The first-order valence-electron chi connectivity index (χ1n) is 10.7. The number of rotatable bonds is 3. The van der Waals surface area contributed by atoms with Gasteiger partial charge in [-0.25, -0.2) is 4.98 Å². The number of fused-ring (bicyclic) bond motifs is 3. The van der Waals surface area contributed by atoms with Crippen LogP contribution in [-0.2, 0) is 6.42 Å². The van der Waals surface area contributed by atoms with E-state index in [1.807, 2.05) is 25.1 Å². The van der Waals surface area contributed by atoms with E-state index in [-0.39, 0.29) is 0 Å². The van der Waals surface area contributed by atoms with E-state index < -0.39 is 5.91 Å². The van der Waals surface area contributed by atoms with Crippen molar-refractivity contribution in [2.24, 2.45) is 5.73 Å². The van der Waals surface area contributed by atoms with E-state index in [1.54, 1.807) is 6.20 Å². The van der Waals surface area contributed by atoms with E-state index in [0.717, 1.165) is 40.3 Å². The first-order chi connectivity index (χ1) is 14.5. The average Bonchev–Trinajstić information content (AvgIpc) is 3.11. The fourth-order valence-electron chi connectivity index (χ4n) is 4.77. The Hall–Kier alpha value is -3.21. The van der Waals surface area contributed by atoms with Gasteiger partial charge in [0.05, 0.1) is 11.4 Å². The molecule has 1 aliphatic carbocycles. The Balaban J connectivity index is 1.59. The quantitative estimate of drug-likeness (QED) is 0.551. The van der Waals surface area contributed by atoms with Gasteiger partial charge in [-0.3, -0.25) is 9.78 Å². The summed E-state index contributed by atoms with van der Waals surface area (Å²) in [5, 5.41) is 0. The Labute approximate surface area is 177 Å². The van der Waals surface area contributed by atoms with Crippen LogP contribution in [0.15, 0.2) is 42.6 Å². The molecule has 0 radical (unpaired) electrons. The zero-order valence-electron chi connectivity index (χ0n) is 17.5. The van der Waals surface area contributed by atoms with Crippen LogP contribution in [0, 0.1) is 6.92 Å². The van der Waals surface area contributed by atoms with Crippen molar-refractivity contribution in [2.75, 3.05) is 11.4 Å². The summed E-state index contributed by atoms with van der Waals surface area (Å²) >= 11 is 0. The van der Waals surface area contributed by atoms with Crippen molar-refractivity contribution in [1.82, 2.24) is 9.97 Å². The van der Waals surface area contributed by atoms with Crippen LogP contribution >= 0.6 is 0 Å². The summed E-state index contributed by atoms with van der Waals surface area (Å²) in [5.41, 5.74) is 14.3. The number of hydrogen-bond donors (Lipinski definition) is 1. The third-order valence-electron chi connectivity index (χ3n) is 6.44. The fraction of sp³-hybridized carbons (Fsp3) is 0.320. The molecule has 5 nitrogen and oxygen atoms in total. The molecule has 1 aromatic carbocycles. The lowest BCUT2D eigenvalue weighted by Gasteiger charge is -2.35. The summed E-state index contributed by atoms with van der Waals surface area (Å²) in [6.07, 6.45) is 6.27. The highest BCUT2D eigenvalue weighted by Crippen LogP contribution is 2.41. The van der Waals surface area contributed by atoms with Crippen LogP contribution in [0.4, 0.5) is 5.69 Å². The minimum atomic E-state index is -0.410. The summed E-state index contributed by atoms with van der Waals surface area (Å²) < 4.78 is 0. The van der Waals surface area contributed by atoms with Crippen molar-refractivity contribution in [3.8, 4) is 22.5 Å². The number of aromatic nitrogens is 2. The third kappa shape index (κ3) is 3.15. The van der Waals surface area contributed by atoms with Crippen LogP contribution in [-0.4, -0.2) is 28.5 Å². The van der Waals surface area contributed by atoms with Crippen LogP contribution in [0.1, 0.15) is 53.4 Å². The number of aryl methyl sites for hydroxylation is 1. The van der Waals surface area contributed by atoms with Crippen molar-refractivity contribution in [2.45, 2.75) is 45.6 Å². The van der Waals surface area contributed by atoms with E-state index in [2.05, 4.69) is 35.0 Å². The van der Waals surface area contributed by atoms with Crippen LogP contribution in [0.3, 0.4) is 0 Å². The van der Waals surface area contributed by atoms with Gasteiger partial charge in [-0.1, -0.05) is 6.07 Å². The summed E-state index contributed by atoms with van der Waals surface area (Å²) in [6.45, 7) is 5.35. The van der Waals surface area contributed by atoms with Gasteiger partial charge in [0.2, 0.25) is 5.91 Å².